The highest BCUT2D eigenvalue weighted by molar-refractivity contribution is 8.18. The number of carbonyl (C=O) groups is 2. The lowest BCUT2D eigenvalue weighted by atomic mass is 10.2. The molecule has 162 valence electrons. The standard InChI is InChI=1S/C25H20ClNO4S/c26-21-8-4-5-9-22(21)30-15-14-27-24(28)23(32-25(27)29)16-18-10-12-20(13-11-18)31-17-19-6-2-1-3-7-19/h1-13,16H,14-15,17H2/b23-16-. The number of hydrogen-bond acceptors (Lipinski definition) is 5. The smallest absolute Gasteiger partial charge is 0.293 e. The van der Waals surface area contributed by atoms with Gasteiger partial charge in [0, 0.05) is 0 Å². The molecule has 5 nitrogen and oxygen atoms in total. The summed E-state index contributed by atoms with van der Waals surface area (Å²) in [4.78, 5) is 26.5. The van der Waals surface area contributed by atoms with Gasteiger partial charge in [-0.25, -0.2) is 0 Å². The van der Waals surface area contributed by atoms with Gasteiger partial charge in [0.15, 0.2) is 0 Å². The second-order valence-electron chi connectivity index (χ2n) is 6.96. The number of para-hydroxylation sites is 1. The molecule has 0 aliphatic carbocycles. The monoisotopic (exact) mass is 465 g/mol. The number of carbonyl (C=O) groups excluding carboxylic acids is 2. The molecule has 1 heterocycles. The average molecular weight is 466 g/mol. The van der Waals surface area contributed by atoms with Crippen molar-refractivity contribution in [3.8, 4) is 11.5 Å². The van der Waals surface area contributed by atoms with Gasteiger partial charge in [-0.1, -0.05) is 66.2 Å². The number of imide groups is 1. The van der Waals surface area contributed by atoms with Crippen molar-refractivity contribution in [2.75, 3.05) is 13.2 Å². The first kappa shape index (κ1) is 22.0. The Morgan fingerprint density at radius 1 is 0.875 bits per heavy atom. The second-order valence-corrected chi connectivity index (χ2v) is 8.36. The van der Waals surface area contributed by atoms with Crippen LogP contribution >= 0.6 is 23.4 Å². The third-order valence-electron chi connectivity index (χ3n) is 4.71. The second kappa shape index (κ2) is 10.4. The van der Waals surface area contributed by atoms with Crippen molar-refractivity contribution in [1.82, 2.24) is 4.90 Å². The van der Waals surface area contributed by atoms with Gasteiger partial charge in [0.1, 0.15) is 24.7 Å². The quantitative estimate of drug-likeness (QED) is 0.380. The molecule has 7 heteroatoms. The summed E-state index contributed by atoms with van der Waals surface area (Å²) in [6.45, 7) is 0.803. The fourth-order valence-corrected chi connectivity index (χ4v) is 4.11. The molecule has 0 bridgehead atoms. The molecule has 3 aromatic rings. The Morgan fingerprint density at radius 2 is 1.59 bits per heavy atom. The molecule has 0 atom stereocenters. The van der Waals surface area contributed by atoms with Gasteiger partial charge < -0.3 is 9.47 Å². The van der Waals surface area contributed by atoms with Crippen LogP contribution in [0.5, 0.6) is 11.5 Å². The summed E-state index contributed by atoms with van der Waals surface area (Å²) in [6, 6.07) is 24.4. The molecule has 1 aliphatic rings. The number of thioether (sulfide) groups is 1. The van der Waals surface area contributed by atoms with Gasteiger partial charge in [-0.05, 0) is 53.2 Å². The summed E-state index contributed by atoms with van der Waals surface area (Å²) < 4.78 is 11.4. The largest absolute Gasteiger partial charge is 0.490 e. The first-order valence-electron chi connectivity index (χ1n) is 9.99. The predicted octanol–water partition coefficient (Wildman–Crippen LogP) is 6.03. The molecule has 0 radical (unpaired) electrons. The first-order chi connectivity index (χ1) is 15.6. The third kappa shape index (κ3) is 5.52. The lowest BCUT2D eigenvalue weighted by Gasteiger charge is -2.13. The van der Waals surface area contributed by atoms with Gasteiger partial charge in [-0.3, -0.25) is 14.5 Å². The summed E-state index contributed by atoms with van der Waals surface area (Å²) in [5.41, 5.74) is 1.90. The zero-order valence-corrected chi connectivity index (χ0v) is 18.6. The van der Waals surface area contributed by atoms with Gasteiger partial charge >= 0.3 is 0 Å². The van der Waals surface area contributed by atoms with Crippen LogP contribution in [0.25, 0.3) is 6.08 Å². The topological polar surface area (TPSA) is 55.8 Å². The molecule has 0 N–H and O–H groups in total. The normalized spacial score (nSPS) is 14.8. The van der Waals surface area contributed by atoms with Crippen LogP contribution in [0, 0.1) is 0 Å². The highest BCUT2D eigenvalue weighted by Crippen LogP contribution is 2.32. The lowest BCUT2D eigenvalue weighted by molar-refractivity contribution is -0.123. The number of amides is 2. The van der Waals surface area contributed by atoms with Crippen LogP contribution in [0.15, 0.2) is 83.8 Å². The molecule has 2 amide bonds. The molecular formula is C25H20ClNO4S. The Labute approximate surface area is 195 Å². The zero-order chi connectivity index (χ0) is 22.3. The fourth-order valence-electron chi connectivity index (χ4n) is 3.05. The molecule has 3 aromatic carbocycles. The van der Waals surface area contributed by atoms with E-state index in [0.29, 0.717) is 22.3 Å². The summed E-state index contributed by atoms with van der Waals surface area (Å²) in [5.74, 6) is 0.925. The van der Waals surface area contributed by atoms with Gasteiger partial charge in [-0.15, -0.1) is 0 Å². The van der Waals surface area contributed by atoms with Crippen molar-refractivity contribution in [2.24, 2.45) is 0 Å². The Morgan fingerprint density at radius 3 is 2.34 bits per heavy atom. The molecule has 0 unspecified atom stereocenters. The van der Waals surface area contributed by atoms with Crippen LogP contribution < -0.4 is 9.47 Å². The lowest BCUT2D eigenvalue weighted by Crippen LogP contribution is -2.32. The van der Waals surface area contributed by atoms with Crippen LogP contribution in [0.4, 0.5) is 4.79 Å². The van der Waals surface area contributed by atoms with Gasteiger partial charge in [0.2, 0.25) is 0 Å². The third-order valence-corrected chi connectivity index (χ3v) is 5.93. The van der Waals surface area contributed by atoms with Gasteiger partial charge in [0.05, 0.1) is 16.5 Å². The van der Waals surface area contributed by atoms with Crippen molar-refractivity contribution < 1.29 is 19.1 Å². The molecule has 1 saturated heterocycles. The summed E-state index contributed by atoms with van der Waals surface area (Å²) in [6.07, 6.45) is 1.71. The molecule has 0 spiro atoms. The van der Waals surface area contributed by atoms with Crippen LogP contribution in [-0.2, 0) is 11.4 Å². The van der Waals surface area contributed by atoms with E-state index in [-0.39, 0.29) is 24.3 Å². The van der Waals surface area contributed by atoms with E-state index in [0.717, 1.165) is 28.6 Å². The predicted molar refractivity (Wildman–Crippen MR) is 127 cm³/mol. The molecule has 32 heavy (non-hydrogen) atoms. The van der Waals surface area contributed by atoms with Crippen LogP contribution in [0.2, 0.25) is 5.02 Å². The average Bonchev–Trinajstić information content (AvgIpc) is 3.08. The Kier molecular flexibility index (Phi) is 7.14. The van der Waals surface area contributed by atoms with Gasteiger partial charge in [0.25, 0.3) is 11.1 Å². The number of benzene rings is 3. The SMILES string of the molecule is O=C1S/C(=C\c2ccc(OCc3ccccc3)cc2)C(=O)N1CCOc1ccccc1Cl. The van der Waals surface area contributed by atoms with E-state index in [4.69, 9.17) is 21.1 Å². The van der Waals surface area contributed by atoms with E-state index >= 15 is 0 Å². The summed E-state index contributed by atoms with van der Waals surface area (Å²) >= 11 is 6.98. The van der Waals surface area contributed by atoms with E-state index in [1.165, 1.54) is 4.90 Å². The molecule has 0 saturated carbocycles. The molecular weight excluding hydrogens is 446 g/mol. The number of hydrogen-bond donors (Lipinski definition) is 0. The number of ether oxygens (including phenoxy) is 2. The Balaban J connectivity index is 1.33. The highest BCUT2D eigenvalue weighted by atomic mass is 35.5. The highest BCUT2D eigenvalue weighted by Gasteiger charge is 2.34. The minimum atomic E-state index is -0.327. The first-order valence-corrected chi connectivity index (χ1v) is 11.2. The molecule has 0 aromatic heterocycles. The molecule has 4 rings (SSSR count). The Hall–Kier alpha value is -3.22. The number of nitrogens with zero attached hydrogens (tertiary/aromatic N) is 1. The summed E-state index contributed by atoms with van der Waals surface area (Å²) in [5, 5.41) is 0.171. The van der Waals surface area contributed by atoms with Crippen LogP contribution in [-0.4, -0.2) is 29.2 Å². The van der Waals surface area contributed by atoms with Crippen molar-refractivity contribution >= 4 is 40.6 Å². The van der Waals surface area contributed by atoms with E-state index < -0.39 is 0 Å². The zero-order valence-electron chi connectivity index (χ0n) is 17.1. The van der Waals surface area contributed by atoms with E-state index in [2.05, 4.69) is 0 Å². The van der Waals surface area contributed by atoms with Crippen molar-refractivity contribution in [2.45, 2.75) is 6.61 Å². The minimum absolute atomic E-state index is 0.152. The van der Waals surface area contributed by atoms with Gasteiger partial charge in [-0.2, -0.15) is 0 Å². The Bertz CT molecular complexity index is 1130. The molecule has 1 fully saturated rings. The van der Waals surface area contributed by atoms with E-state index in [9.17, 15) is 9.59 Å². The van der Waals surface area contributed by atoms with Crippen molar-refractivity contribution in [1.29, 1.82) is 0 Å². The maximum Gasteiger partial charge on any atom is 0.293 e. The van der Waals surface area contributed by atoms with E-state index in [1.807, 2.05) is 60.7 Å². The fraction of sp³-hybridized carbons (Fsp3) is 0.120. The maximum atomic E-state index is 12.7. The van der Waals surface area contributed by atoms with Crippen LogP contribution in [0.3, 0.4) is 0 Å². The number of halogens is 1. The van der Waals surface area contributed by atoms with E-state index in [1.54, 1.807) is 24.3 Å². The van der Waals surface area contributed by atoms with Crippen molar-refractivity contribution in [3.63, 3.8) is 0 Å². The maximum absolute atomic E-state index is 12.7. The number of rotatable bonds is 8. The summed E-state index contributed by atoms with van der Waals surface area (Å²) in [7, 11) is 0. The van der Waals surface area contributed by atoms with Crippen LogP contribution in [0.1, 0.15) is 11.1 Å². The van der Waals surface area contributed by atoms with Crippen molar-refractivity contribution in [3.05, 3.63) is 99.9 Å². The minimum Gasteiger partial charge on any atom is -0.490 e. The molecule has 1 aliphatic heterocycles.